The predicted molar refractivity (Wildman–Crippen MR) is 44.7 cm³/mol. The van der Waals surface area contributed by atoms with Crippen molar-refractivity contribution in [3.8, 4) is 0 Å². The molecule has 0 aromatic carbocycles. The second-order valence-corrected chi connectivity index (χ2v) is 3.66. The van der Waals surface area contributed by atoms with Gasteiger partial charge in [0.25, 0.3) is 0 Å². The largest absolute Gasteiger partial charge is 0.327 e. The van der Waals surface area contributed by atoms with Crippen molar-refractivity contribution in [2.75, 3.05) is 0 Å². The van der Waals surface area contributed by atoms with Gasteiger partial charge < -0.3 is 5.73 Å². The molecule has 0 saturated heterocycles. The lowest BCUT2D eigenvalue weighted by molar-refractivity contribution is 0.797. The summed E-state index contributed by atoms with van der Waals surface area (Å²) in [6.45, 7) is 6.60. The number of rotatable bonds is 2. The van der Waals surface area contributed by atoms with E-state index in [9.17, 15) is 0 Å². The zero-order valence-corrected chi connectivity index (χ0v) is 7.09. The minimum absolute atomic E-state index is 0.468. The molecular weight excluding hydrogens is 122 g/mol. The summed E-state index contributed by atoms with van der Waals surface area (Å²) in [6, 6.07) is 0.468. The first kappa shape index (κ1) is 7.80. The minimum atomic E-state index is 0.468. The maximum Gasteiger partial charge on any atom is 0.0111 e. The van der Waals surface area contributed by atoms with E-state index in [4.69, 9.17) is 5.73 Å². The predicted octanol–water partition coefficient (Wildman–Crippen LogP) is 1.94. The number of nitrogens with two attached hydrogens (primary N) is 1. The molecule has 1 fully saturated rings. The monoisotopic (exact) mass is 139 g/mol. The van der Waals surface area contributed by atoms with E-state index >= 15 is 0 Å². The van der Waals surface area contributed by atoms with Crippen molar-refractivity contribution in [2.45, 2.75) is 33.2 Å². The lowest BCUT2D eigenvalue weighted by atomic mass is 10.1. The first-order chi connectivity index (χ1) is 4.61. The van der Waals surface area contributed by atoms with E-state index in [1.807, 2.05) is 0 Å². The molecule has 0 aromatic heterocycles. The van der Waals surface area contributed by atoms with Gasteiger partial charge in [0.2, 0.25) is 0 Å². The van der Waals surface area contributed by atoms with Gasteiger partial charge in [-0.15, -0.1) is 0 Å². The molecule has 0 radical (unpaired) electrons. The highest BCUT2D eigenvalue weighted by Gasteiger charge is 2.34. The summed E-state index contributed by atoms with van der Waals surface area (Å²) in [4.78, 5) is 0. The van der Waals surface area contributed by atoms with Gasteiger partial charge in [0.05, 0.1) is 0 Å². The highest BCUT2D eigenvalue weighted by atomic mass is 14.7. The molecule has 1 heteroatoms. The van der Waals surface area contributed by atoms with Gasteiger partial charge in [-0.05, 0) is 25.2 Å². The Morgan fingerprint density at radius 2 is 2.10 bits per heavy atom. The second kappa shape index (κ2) is 2.75. The fraction of sp³-hybridized carbons (Fsp3) is 0.778. The van der Waals surface area contributed by atoms with Crippen molar-refractivity contribution in [3.05, 3.63) is 11.6 Å². The van der Waals surface area contributed by atoms with Crippen LogP contribution in [0.25, 0.3) is 0 Å². The average molecular weight is 139 g/mol. The highest BCUT2D eigenvalue weighted by molar-refractivity contribution is 5.16. The van der Waals surface area contributed by atoms with E-state index in [1.165, 1.54) is 12.0 Å². The van der Waals surface area contributed by atoms with Crippen molar-refractivity contribution >= 4 is 0 Å². The van der Waals surface area contributed by atoms with E-state index in [1.54, 1.807) is 0 Å². The Balaban J connectivity index is 2.41. The number of hydrogen-bond acceptors (Lipinski definition) is 1. The first-order valence-corrected chi connectivity index (χ1v) is 4.05. The quantitative estimate of drug-likeness (QED) is 0.581. The van der Waals surface area contributed by atoms with Crippen LogP contribution in [0, 0.1) is 11.8 Å². The molecule has 1 aliphatic carbocycles. The van der Waals surface area contributed by atoms with Crippen LogP contribution in [0.1, 0.15) is 27.2 Å². The molecule has 1 rings (SSSR count). The highest BCUT2D eigenvalue weighted by Crippen LogP contribution is 2.35. The Kier molecular flexibility index (Phi) is 2.14. The van der Waals surface area contributed by atoms with Gasteiger partial charge in [-0.3, -0.25) is 0 Å². The summed E-state index contributed by atoms with van der Waals surface area (Å²) in [6.07, 6.45) is 3.52. The van der Waals surface area contributed by atoms with Gasteiger partial charge in [0.1, 0.15) is 0 Å². The number of allylic oxidation sites excluding steroid dienone is 1. The Morgan fingerprint density at radius 1 is 1.60 bits per heavy atom. The molecule has 0 aromatic rings. The van der Waals surface area contributed by atoms with E-state index in [0.717, 1.165) is 0 Å². The molecule has 2 atom stereocenters. The van der Waals surface area contributed by atoms with Gasteiger partial charge in [-0.25, -0.2) is 0 Å². The lowest BCUT2D eigenvalue weighted by Crippen LogP contribution is -2.02. The second-order valence-electron chi connectivity index (χ2n) is 3.66. The molecule has 0 bridgehead atoms. The molecule has 1 unspecified atom stereocenters. The minimum Gasteiger partial charge on any atom is -0.327 e. The van der Waals surface area contributed by atoms with Crippen LogP contribution in [0.5, 0.6) is 0 Å². The summed E-state index contributed by atoms with van der Waals surface area (Å²) in [5, 5.41) is 0. The van der Waals surface area contributed by atoms with Crippen LogP contribution in [0.4, 0.5) is 0 Å². The van der Waals surface area contributed by atoms with Crippen molar-refractivity contribution in [2.24, 2.45) is 17.6 Å². The van der Waals surface area contributed by atoms with Crippen LogP contribution in [0.15, 0.2) is 11.6 Å². The van der Waals surface area contributed by atoms with Gasteiger partial charge in [-0.2, -0.15) is 0 Å². The average Bonchev–Trinajstić information content (AvgIpc) is 2.44. The molecule has 0 spiro atoms. The van der Waals surface area contributed by atoms with E-state index < -0.39 is 0 Å². The van der Waals surface area contributed by atoms with Crippen LogP contribution in [-0.4, -0.2) is 6.04 Å². The van der Waals surface area contributed by atoms with Crippen molar-refractivity contribution in [1.29, 1.82) is 0 Å². The van der Waals surface area contributed by atoms with E-state index in [-0.39, 0.29) is 0 Å². The summed E-state index contributed by atoms with van der Waals surface area (Å²) < 4.78 is 0. The molecule has 58 valence electrons. The molecule has 1 saturated carbocycles. The molecule has 2 N–H and O–H groups in total. The van der Waals surface area contributed by atoms with Crippen molar-refractivity contribution in [1.82, 2.24) is 0 Å². The van der Waals surface area contributed by atoms with Crippen LogP contribution in [0.3, 0.4) is 0 Å². The molecule has 1 nitrogen and oxygen atoms in total. The summed E-state index contributed by atoms with van der Waals surface area (Å²) >= 11 is 0. The standard InChI is InChI=1S/C9H17N/c1-6(2)4-7(3)8-5-9(8)10/h4,6,8-9H,5,10H2,1-3H3/b7-4-/t8-,9?/m0/s1. The fourth-order valence-corrected chi connectivity index (χ4v) is 1.39. The SMILES string of the molecule is C/C(=C/C(C)C)[C@@H]1CC1N. The third-order valence-electron chi connectivity index (χ3n) is 2.02. The van der Waals surface area contributed by atoms with E-state index in [2.05, 4.69) is 26.8 Å². The smallest absolute Gasteiger partial charge is 0.0111 e. The Bertz CT molecular complexity index is 147. The normalized spacial score (nSPS) is 33.1. The third kappa shape index (κ3) is 1.84. The fourth-order valence-electron chi connectivity index (χ4n) is 1.39. The van der Waals surface area contributed by atoms with Gasteiger partial charge in [0, 0.05) is 6.04 Å². The van der Waals surface area contributed by atoms with Gasteiger partial charge >= 0.3 is 0 Å². The molecule has 0 aliphatic heterocycles. The topological polar surface area (TPSA) is 26.0 Å². The summed E-state index contributed by atoms with van der Waals surface area (Å²) in [7, 11) is 0. The molecule has 10 heavy (non-hydrogen) atoms. The molecule has 1 aliphatic rings. The Labute approximate surface area is 63.3 Å². The molecular formula is C9H17N. The molecule has 0 heterocycles. The molecule has 0 amide bonds. The lowest BCUT2D eigenvalue weighted by Gasteiger charge is -2.00. The van der Waals surface area contributed by atoms with Gasteiger partial charge in [0.15, 0.2) is 0 Å². The van der Waals surface area contributed by atoms with Crippen molar-refractivity contribution < 1.29 is 0 Å². The van der Waals surface area contributed by atoms with Gasteiger partial charge in [-0.1, -0.05) is 25.5 Å². The summed E-state index contributed by atoms with van der Waals surface area (Å²) in [5.74, 6) is 1.38. The number of hydrogen-bond donors (Lipinski definition) is 1. The van der Waals surface area contributed by atoms with Crippen molar-refractivity contribution in [3.63, 3.8) is 0 Å². The van der Waals surface area contributed by atoms with Crippen LogP contribution < -0.4 is 5.73 Å². The zero-order valence-electron chi connectivity index (χ0n) is 7.09. The maximum atomic E-state index is 5.70. The van der Waals surface area contributed by atoms with Crippen LogP contribution in [0.2, 0.25) is 0 Å². The summed E-state index contributed by atoms with van der Waals surface area (Å²) in [5.41, 5.74) is 7.19. The van der Waals surface area contributed by atoms with Crippen LogP contribution in [-0.2, 0) is 0 Å². The maximum absolute atomic E-state index is 5.70. The Hall–Kier alpha value is -0.300. The van der Waals surface area contributed by atoms with E-state index in [0.29, 0.717) is 17.9 Å². The third-order valence-corrected chi connectivity index (χ3v) is 2.02. The Morgan fingerprint density at radius 3 is 2.40 bits per heavy atom. The first-order valence-electron chi connectivity index (χ1n) is 4.05. The zero-order chi connectivity index (χ0) is 7.72. The van der Waals surface area contributed by atoms with Crippen LogP contribution >= 0.6 is 0 Å².